The fourth-order valence-electron chi connectivity index (χ4n) is 4.27. The molecule has 3 aromatic rings. The third kappa shape index (κ3) is 5.57. The number of carbonyl (C=O) groups excluding carboxylic acids is 3. The van der Waals surface area contributed by atoms with Gasteiger partial charge in [-0.1, -0.05) is 29.6 Å². The van der Waals surface area contributed by atoms with E-state index >= 15 is 0 Å². The Morgan fingerprint density at radius 2 is 1.71 bits per heavy atom. The van der Waals surface area contributed by atoms with Gasteiger partial charge in [-0.15, -0.1) is 11.3 Å². The number of nitrogens with two attached hydrogens (primary N) is 1. The van der Waals surface area contributed by atoms with E-state index in [9.17, 15) is 14.4 Å². The summed E-state index contributed by atoms with van der Waals surface area (Å²) in [4.78, 5) is 44.7. The minimum Gasteiger partial charge on any atom is -0.493 e. The minimum atomic E-state index is -1.37. The molecule has 0 unspecified atom stereocenters. The highest BCUT2D eigenvalue weighted by Gasteiger charge is 2.42. The molecule has 9 nitrogen and oxygen atoms in total. The SMILES string of the molecule is COc1ccc(N(C(=O)c2ccc(Cl)cc2Cl)c2nc(C(=O)OC3(C(N)=O)CCCCC3)cs2)cc1OC. The number of ether oxygens (including phenoxy) is 3. The van der Waals surface area contributed by atoms with Gasteiger partial charge in [-0.05, 0) is 56.0 Å². The number of halogens is 2. The molecule has 38 heavy (non-hydrogen) atoms. The van der Waals surface area contributed by atoms with Crippen molar-refractivity contribution in [2.75, 3.05) is 19.1 Å². The van der Waals surface area contributed by atoms with Crippen LogP contribution in [0.3, 0.4) is 0 Å². The Bertz CT molecular complexity index is 1370. The van der Waals surface area contributed by atoms with Crippen molar-refractivity contribution in [1.29, 1.82) is 0 Å². The van der Waals surface area contributed by atoms with Crippen LogP contribution in [0.4, 0.5) is 10.8 Å². The van der Waals surface area contributed by atoms with Gasteiger partial charge in [0.1, 0.15) is 0 Å². The van der Waals surface area contributed by atoms with E-state index in [1.807, 2.05) is 0 Å². The Labute approximate surface area is 233 Å². The van der Waals surface area contributed by atoms with E-state index in [-0.39, 0.29) is 21.4 Å². The van der Waals surface area contributed by atoms with Crippen LogP contribution in [0.1, 0.15) is 53.0 Å². The van der Waals surface area contributed by atoms with Gasteiger partial charge in [0.2, 0.25) is 0 Å². The van der Waals surface area contributed by atoms with Crippen LogP contribution in [-0.2, 0) is 9.53 Å². The molecule has 1 aliphatic rings. The van der Waals surface area contributed by atoms with Gasteiger partial charge in [0.05, 0.1) is 30.5 Å². The summed E-state index contributed by atoms with van der Waals surface area (Å²) >= 11 is 13.4. The van der Waals surface area contributed by atoms with E-state index in [0.717, 1.165) is 30.6 Å². The Morgan fingerprint density at radius 3 is 2.34 bits per heavy atom. The van der Waals surface area contributed by atoms with Crippen LogP contribution in [0.2, 0.25) is 10.0 Å². The van der Waals surface area contributed by atoms with E-state index in [1.54, 1.807) is 24.3 Å². The number of hydrogen-bond donors (Lipinski definition) is 1. The molecule has 0 radical (unpaired) electrons. The number of aromatic nitrogens is 1. The van der Waals surface area contributed by atoms with Gasteiger partial charge in [0, 0.05) is 16.5 Å². The molecule has 0 aliphatic heterocycles. The first kappa shape index (κ1) is 27.7. The van der Waals surface area contributed by atoms with Crippen molar-refractivity contribution in [3.63, 3.8) is 0 Å². The van der Waals surface area contributed by atoms with Crippen LogP contribution in [0.25, 0.3) is 0 Å². The number of methoxy groups -OCH3 is 2. The predicted octanol–water partition coefficient (Wildman–Crippen LogP) is 5.79. The Morgan fingerprint density at radius 1 is 1.00 bits per heavy atom. The normalized spacial score (nSPS) is 14.4. The summed E-state index contributed by atoms with van der Waals surface area (Å²) < 4.78 is 16.3. The molecule has 1 heterocycles. The molecule has 1 saturated carbocycles. The third-order valence-electron chi connectivity index (χ3n) is 6.28. The number of nitrogens with zero attached hydrogens (tertiary/aromatic N) is 2. The van der Waals surface area contributed by atoms with Crippen molar-refractivity contribution in [2.45, 2.75) is 37.7 Å². The molecule has 0 saturated heterocycles. The lowest BCUT2D eigenvalue weighted by molar-refractivity contribution is -0.140. The number of benzene rings is 2. The standard InChI is InChI=1S/C26H25Cl2N3O6S/c1-35-20-9-7-16(13-21(20)36-2)31(22(32)17-8-6-15(27)12-18(17)28)25-30-19(14-38-25)23(33)37-26(24(29)34)10-4-3-5-11-26/h6-9,12-14H,3-5,10-11H2,1-2H3,(H2,29,34). The van der Waals surface area contributed by atoms with E-state index in [1.165, 1.54) is 36.6 Å². The van der Waals surface area contributed by atoms with Crippen molar-refractivity contribution in [2.24, 2.45) is 5.73 Å². The zero-order chi connectivity index (χ0) is 27.4. The van der Waals surface area contributed by atoms with Crippen molar-refractivity contribution >= 4 is 63.1 Å². The van der Waals surface area contributed by atoms with E-state index < -0.39 is 23.4 Å². The van der Waals surface area contributed by atoms with Crippen molar-refractivity contribution in [3.8, 4) is 11.5 Å². The average Bonchev–Trinajstić information content (AvgIpc) is 3.39. The second-order valence-corrected chi connectivity index (χ2v) is 10.3. The molecule has 2 N–H and O–H groups in total. The third-order valence-corrected chi connectivity index (χ3v) is 7.65. The minimum absolute atomic E-state index is 0.0586. The van der Waals surface area contributed by atoms with Gasteiger partial charge in [-0.3, -0.25) is 14.5 Å². The molecule has 2 amide bonds. The first-order chi connectivity index (χ1) is 18.2. The largest absolute Gasteiger partial charge is 0.493 e. The topological polar surface area (TPSA) is 121 Å². The Balaban J connectivity index is 1.73. The molecule has 1 aromatic heterocycles. The van der Waals surface area contributed by atoms with Gasteiger partial charge in [-0.2, -0.15) is 0 Å². The molecule has 1 fully saturated rings. The zero-order valence-electron chi connectivity index (χ0n) is 20.7. The molecule has 0 bridgehead atoms. The number of carbonyl (C=O) groups is 3. The quantitative estimate of drug-likeness (QED) is 0.336. The highest BCUT2D eigenvalue weighted by molar-refractivity contribution is 7.14. The molecule has 4 rings (SSSR count). The summed E-state index contributed by atoms with van der Waals surface area (Å²) in [5.74, 6) is -1.16. The Kier molecular flexibility index (Phi) is 8.44. The van der Waals surface area contributed by atoms with Crippen LogP contribution in [-0.4, -0.2) is 42.6 Å². The highest BCUT2D eigenvalue weighted by Crippen LogP contribution is 2.38. The summed E-state index contributed by atoms with van der Waals surface area (Å²) in [6.45, 7) is 0. The van der Waals surface area contributed by atoms with Gasteiger partial charge >= 0.3 is 5.97 Å². The van der Waals surface area contributed by atoms with Crippen LogP contribution in [0.5, 0.6) is 11.5 Å². The molecular formula is C26H25Cl2N3O6S. The molecule has 1 aliphatic carbocycles. The summed E-state index contributed by atoms with van der Waals surface area (Å²) in [5.41, 5.74) is 4.73. The number of hydrogen-bond acceptors (Lipinski definition) is 8. The second kappa shape index (κ2) is 11.6. The van der Waals surface area contributed by atoms with Crippen molar-refractivity contribution < 1.29 is 28.6 Å². The van der Waals surface area contributed by atoms with Crippen molar-refractivity contribution in [1.82, 2.24) is 4.98 Å². The lowest BCUT2D eigenvalue weighted by Gasteiger charge is -2.33. The summed E-state index contributed by atoms with van der Waals surface area (Å²) in [6.07, 6.45) is 3.10. The number of rotatable bonds is 8. The van der Waals surface area contributed by atoms with E-state index in [4.69, 9.17) is 43.1 Å². The molecular weight excluding hydrogens is 553 g/mol. The predicted molar refractivity (Wildman–Crippen MR) is 145 cm³/mol. The molecule has 200 valence electrons. The number of thiazole rings is 1. The first-order valence-electron chi connectivity index (χ1n) is 11.7. The van der Waals surface area contributed by atoms with E-state index in [2.05, 4.69) is 4.98 Å². The summed E-state index contributed by atoms with van der Waals surface area (Å²) in [7, 11) is 2.97. The zero-order valence-corrected chi connectivity index (χ0v) is 23.0. The van der Waals surface area contributed by atoms with E-state index in [0.29, 0.717) is 35.1 Å². The first-order valence-corrected chi connectivity index (χ1v) is 13.3. The highest BCUT2D eigenvalue weighted by atomic mass is 35.5. The molecule has 2 aromatic carbocycles. The van der Waals surface area contributed by atoms with Crippen molar-refractivity contribution in [3.05, 3.63) is 63.1 Å². The van der Waals surface area contributed by atoms with Crippen LogP contribution < -0.4 is 20.1 Å². The molecule has 0 spiro atoms. The Hall–Kier alpha value is -3.34. The fourth-order valence-corrected chi connectivity index (χ4v) is 5.57. The monoisotopic (exact) mass is 577 g/mol. The van der Waals surface area contributed by atoms with Gasteiger partial charge in [0.25, 0.3) is 11.8 Å². The lowest BCUT2D eigenvalue weighted by atomic mass is 9.84. The van der Waals surface area contributed by atoms with Crippen LogP contribution in [0, 0.1) is 0 Å². The maximum atomic E-state index is 13.8. The lowest BCUT2D eigenvalue weighted by Crippen LogP contribution is -2.49. The summed E-state index contributed by atoms with van der Waals surface area (Å²) in [5, 5.41) is 2.14. The maximum Gasteiger partial charge on any atom is 0.358 e. The number of anilines is 2. The van der Waals surface area contributed by atoms with Crippen LogP contribution in [0.15, 0.2) is 41.8 Å². The number of amides is 2. The molecule has 0 atom stereocenters. The van der Waals surface area contributed by atoms with Gasteiger partial charge in [0.15, 0.2) is 27.9 Å². The number of primary amides is 1. The second-order valence-electron chi connectivity index (χ2n) is 8.63. The smallest absolute Gasteiger partial charge is 0.358 e. The average molecular weight is 578 g/mol. The van der Waals surface area contributed by atoms with Gasteiger partial charge < -0.3 is 19.9 Å². The fraction of sp³-hybridized carbons (Fsp3) is 0.308. The number of esters is 1. The summed E-state index contributed by atoms with van der Waals surface area (Å²) in [6, 6.07) is 9.40. The van der Waals surface area contributed by atoms with Crippen LogP contribution >= 0.6 is 34.5 Å². The molecule has 12 heteroatoms. The van der Waals surface area contributed by atoms with Gasteiger partial charge in [-0.25, -0.2) is 9.78 Å². The maximum absolute atomic E-state index is 13.8.